The van der Waals surface area contributed by atoms with Gasteiger partial charge in [-0.05, 0) is 18.3 Å². The molecule has 0 aromatic carbocycles. The smallest absolute Gasteiger partial charge is 0.191 e. The van der Waals surface area contributed by atoms with Gasteiger partial charge in [0.05, 0.1) is 0 Å². The molecule has 3 heteroatoms. The fourth-order valence-electron chi connectivity index (χ4n) is 1.21. The number of guanidine groups is 1. The van der Waals surface area contributed by atoms with E-state index in [1.165, 1.54) is 6.42 Å². The Bertz CT molecular complexity index is 179. The van der Waals surface area contributed by atoms with Crippen molar-refractivity contribution in [3.05, 3.63) is 0 Å². The van der Waals surface area contributed by atoms with E-state index in [-0.39, 0.29) is 0 Å². The second-order valence-corrected chi connectivity index (χ2v) is 4.75. The van der Waals surface area contributed by atoms with Crippen LogP contribution in [0.4, 0.5) is 0 Å². The van der Waals surface area contributed by atoms with E-state index in [0.717, 1.165) is 32.0 Å². The van der Waals surface area contributed by atoms with Gasteiger partial charge >= 0.3 is 0 Å². The van der Waals surface area contributed by atoms with Crippen molar-refractivity contribution < 1.29 is 0 Å². The highest BCUT2D eigenvalue weighted by Gasteiger charge is 2.10. The molecule has 0 aromatic heterocycles. The van der Waals surface area contributed by atoms with Crippen LogP contribution in [0.2, 0.25) is 0 Å². The third-order valence-corrected chi connectivity index (χ3v) is 2.06. The van der Waals surface area contributed by atoms with E-state index in [2.05, 4.69) is 36.4 Å². The first-order chi connectivity index (χ1) is 6.08. The van der Waals surface area contributed by atoms with Gasteiger partial charge in [0.15, 0.2) is 5.96 Å². The van der Waals surface area contributed by atoms with E-state index in [4.69, 9.17) is 0 Å². The summed E-state index contributed by atoms with van der Waals surface area (Å²) < 4.78 is 0. The molecule has 3 nitrogen and oxygen atoms in total. The Morgan fingerprint density at radius 2 is 2.23 bits per heavy atom. The minimum absolute atomic E-state index is 0.405. The number of nitrogens with zero attached hydrogens (tertiary/aromatic N) is 1. The number of nitrogens with one attached hydrogen (secondary N) is 2. The molecule has 13 heavy (non-hydrogen) atoms. The predicted molar refractivity (Wildman–Crippen MR) is 57.0 cm³/mol. The van der Waals surface area contributed by atoms with Crippen molar-refractivity contribution >= 4 is 5.96 Å². The summed E-state index contributed by atoms with van der Waals surface area (Å²) in [6.45, 7) is 9.79. The molecule has 0 fully saturated rings. The van der Waals surface area contributed by atoms with Crippen LogP contribution in [0, 0.1) is 5.41 Å². The van der Waals surface area contributed by atoms with Crippen LogP contribution in [-0.4, -0.2) is 25.6 Å². The lowest BCUT2D eigenvalue weighted by molar-refractivity contribution is 0.377. The lowest BCUT2D eigenvalue weighted by atomic mass is 9.92. The number of hydrogen-bond acceptors (Lipinski definition) is 3. The number of aliphatic imine (C=N–C) groups is 1. The molecule has 0 atom stereocenters. The molecule has 2 N–H and O–H groups in total. The van der Waals surface area contributed by atoms with Gasteiger partial charge in [-0.1, -0.05) is 20.8 Å². The van der Waals surface area contributed by atoms with Crippen LogP contribution in [0.1, 0.15) is 33.6 Å². The van der Waals surface area contributed by atoms with Gasteiger partial charge in [0.1, 0.15) is 0 Å². The first-order valence-corrected chi connectivity index (χ1v) is 5.10. The van der Waals surface area contributed by atoms with Crippen LogP contribution >= 0.6 is 0 Å². The highest BCUT2D eigenvalue weighted by atomic mass is 15.2. The SMILES string of the molecule is CC(C)(C)CCNC1=NCCCN1. The van der Waals surface area contributed by atoms with Crippen molar-refractivity contribution in [1.29, 1.82) is 0 Å². The molecule has 0 unspecified atom stereocenters. The molecule has 1 heterocycles. The molecule has 0 bridgehead atoms. The van der Waals surface area contributed by atoms with Crippen molar-refractivity contribution in [1.82, 2.24) is 10.6 Å². The average molecular weight is 183 g/mol. The van der Waals surface area contributed by atoms with Crippen molar-refractivity contribution in [2.24, 2.45) is 10.4 Å². The number of rotatable bonds is 2. The molecule has 0 radical (unpaired) electrons. The standard InChI is InChI=1S/C10H21N3/c1-10(2,3)5-8-13-9-11-6-4-7-12-9/h4-8H2,1-3H3,(H2,11,12,13). The Hall–Kier alpha value is -0.730. The summed E-state index contributed by atoms with van der Waals surface area (Å²) in [5, 5.41) is 6.56. The first-order valence-electron chi connectivity index (χ1n) is 5.10. The van der Waals surface area contributed by atoms with Gasteiger partial charge in [-0.25, -0.2) is 0 Å². The van der Waals surface area contributed by atoms with Gasteiger partial charge in [0.25, 0.3) is 0 Å². The maximum atomic E-state index is 4.34. The summed E-state index contributed by atoms with van der Waals surface area (Å²) in [7, 11) is 0. The molecule has 0 aromatic rings. The summed E-state index contributed by atoms with van der Waals surface area (Å²) in [6, 6.07) is 0. The molecule has 0 aliphatic carbocycles. The summed E-state index contributed by atoms with van der Waals surface area (Å²) in [6.07, 6.45) is 2.33. The lowest BCUT2D eigenvalue weighted by Gasteiger charge is -2.20. The highest BCUT2D eigenvalue weighted by molar-refractivity contribution is 5.80. The second kappa shape index (κ2) is 4.49. The fraction of sp³-hybridized carbons (Fsp3) is 0.900. The van der Waals surface area contributed by atoms with Gasteiger partial charge in [0, 0.05) is 19.6 Å². The van der Waals surface area contributed by atoms with Crippen LogP contribution in [0.25, 0.3) is 0 Å². The lowest BCUT2D eigenvalue weighted by Crippen LogP contribution is -2.41. The molecule has 0 amide bonds. The molecule has 0 saturated heterocycles. The van der Waals surface area contributed by atoms with E-state index in [0.29, 0.717) is 5.41 Å². The molecule has 1 aliphatic rings. The Labute approximate surface area is 81.0 Å². The van der Waals surface area contributed by atoms with Crippen LogP contribution in [0.15, 0.2) is 4.99 Å². The zero-order valence-electron chi connectivity index (χ0n) is 8.98. The Kier molecular flexibility index (Phi) is 3.58. The minimum Gasteiger partial charge on any atom is -0.356 e. The van der Waals surface area contributed by atoms with Gasteiger partial charge in [-0.3, -0.25) is 4.99 Å². The van der Waals surface area contributed by atoms with Crippen molar-refractivity contribution in [3.63, 3.8) is 0 Å². The highest BCUT2D eigenvalue weighted by Crippen LogP contribution is 2.16. The second-order valence-electron chi connectivity index (χ2n) is 4.75. The Balaban J connectivity index is 2.15. The predicted octanol–water partition coefficient (Wildman–Crippen LogP) is 1.36. The molecular weight excluding hydrogens is 162 g/mol. The van der Waals surface area contributed by atoms with E-state index < -0.39 is 0 Å². The van der Waals surface area contributed by atoms with E-state index >= 15 is 0 Å². The van der Waals surface area contributed by atoms with Crippen molar-refractivity contribution in [3.8, 4) is 0 Å². The quantitative estimate of drug-likeness (QED) is 0.678. The molecule has 0 spiro atoms. The largest absolute Gasteiger partial charge is 0.356 e. The molecule has 1 rings (SSSR count). The van der Waals surface area contributed by atoms with Crippen LogP contribution in [0.3, 0.4) is 0 Å². The Morgan fingerprint density at radius 1 is 1.46 bits per heavy atom. The van der Waals surface area contributed by atoms with Gasteiger partial charge in [-0.15, -0.1) is 0 Å². The molecule has 1 aliphatic heterocycles. The van der Waals surface area contributed by atoms with E-state index in [9.17, 15) is 0 Å². The van der Waals surface area contributed by atoms with Crippen LogP contribution < -0.4 is 10.6 Å². The number of hydrogen-bond donors (Lipinski definition) is 2. The van der Waals surface area contributed by atoms with Gasteiger partial charge in [0.2, 0.25) is 0 Å². The minimum atomic E-state index is 0.405. The summed E-state index contributed by atoms with van der Waals surface area (Å²) in [5.41, 5.74) is 0.405. The molecule has 76 valence electrons. The molecule has 0 saturated carbocycles. The first kappa shape index (κ1) is 10.4. The zero-order chi connectivity index (χ0) is 9.73. The van der Waals surface area contributed by atoms with Gasteiger partial charge < -0.3 is 10.6 Å². The normalized spacial score (nSPS) is 17.6. The summed E-state index contributed by atoms with van der Waals surface area (Å²) in [5.74, 6) is 0.982. The summed E-state index contributed by atoms with van der Waals surface area (Å²) >= 11 is 0. The van der Waals surface area contributed by atoms with E-state index in [1.54, 1.807) is 0 Å². The molecular formula is C10H21N3. The third kappa shape index (κ3) is 4.76. The maximum Gasteiger partial charge on any atom is 0.191 e. The van der Waals surface area contributed by atoms with Crippen molar-refractivity contribution in [2.75, 3.05) is 19.6 Å². The van der Waals surface area contributed by atoms with Crippen LogP contribution in [0.5, 0.6) is 0 Å². The topological polar surface area (TPSA) is 36.4 Å². The fourth-order valence-corrected chi connectivity index (χ4v) is 1.21. The summed E-state index contributed by atoms with van der Waals surface area (Å²) in [4.78, 5) is 4.34. The maximum absolute atomic E-state index is 4.34. The zero-order valence-corrected chi connectivity index (χ0v) is 8.98. The monoisotopic (exact) mass is 183 g/mol. The van der Waals surface area contributed by atoms with Crippen molar-refractivity contribution in [2.45, 2.75) is 33.6 Å². The van der Waals surface area contributed by atoms with E-state index in [1.807, 2.05) is 0 Å². The third-order valence-electron chi connectivity index (χ3n) is 2.06. The average Bonchev–Trinajstić information content (AvgIpc) is 2.04. The van der Waals surface area contributed by atoms with Gasteiger partial charge in [-0.2, -0.15) is 0 Å². The Morgan fingerprint density at radius 3 is 2.77 bits per heavy atom. The van der Waals surface area contributed by atoms with Crippen LogP contribution in [-0.2, 0) is 0 Å².